The van der Waals surface area contributed by atoms with Gasteiger partial charge in [-0.25, -0.2) is 0 Å². The van der Waals surface area contributed by atoms with E-state index in [-0.39, 0.29) is 0 Å². The molecule has 5 nitrogen and oxygen atoms in total. The van der Waals surface area contributed by atoms with Crippen molar-refractivity contribution in [3.63, 3.8) is 0 Å². The predicted molar refractivity (Wildman–Crippen MR) is 71.0 cm³/mol. The Morgan fingerprint density at radius 1 is 1.44 bits per heavy atom. The largest absolute Gasteiger partial charge is 0.492 e. The van der Waals surface area contributed by atoms with Crippen molar-refractivity contribution < 1.29 is 4.74 Å². The van der Waals surface area contributed by atoms with Crippen molar-refractivity contribution in [1.82, 2.24) is 15.0 Å². The quantitative estimate of drug-likeness (QED) is 0.903. The first-order valence-electron chi connectivity index (χ1n) is 5.70. The van der Waals surface area contributed by atoms with Crippen molar-refractivity contribution in [2.75, 3.05) is 11.9 Å². The maximum Gasteiger partial charge on any atom is 0.138 e. The van der Waals surface area contributed by atoms with Gasteiger partial charge in [0.2, 0.25) is 0 Å². The van der Waals surface area contributed by atoms with E-state index in [0.29, 0.717) is 23.9 Å². The first-order valence-corrected chi connectivity index (χ1v) is 6.08. The van der Waals surface area contributed by atoms with Crippen LogP contribution in [0.25, 0.3) is 0 Å². The number of halogens is 1. The average molecular weight is 267 g/mol. The van der Waals surface area contributed by atoms with E-state index < -0.39 is 0 Å². The molecule has 0 fully saturated rings. The number of nitrogens with one attached hydrogen (secondary N) is 1. The summed E-state index contributed by atoms with van der Waals surface area (Å²) in [5.41, 5.74) is 1.93. The lowest BCUT2D eigenvalue weighted by atomic mass is 10.3. The van der Waals surface area contributed by atoms with Gasteiger partial charge >= 0.3 is 0 Å². The molecule has 0 aliphatic heterocycles. The van der Waals surface area contributed by atoms with Crippen LogP contribution in [0.5, 0.6) is 5.75 Å². The summed E-state index contributed by atoms with van der Waals surface area (Å²) >= 11 is 6.11. The number of aromatic nitrogens is 3. The number of hydrogen-bond donors (Lipinski definition) is 1. The molecule has 0 bridgehead atoms. The molecule has 0 saturated carbocycles. The molecule has 2 aromatic rings. The number of ether oxygens (including phenoxy) is 1. The van der Waals surface area contributed by atoms with Crippen molar-refractivity contribution in [3.8, 4) is 5.75 Å². The smallest absolute Gasteiger partial charge is 0.138 e. The molecule has 1 N–H and O–H groups in total. The van der Waals surface area contributed by atoms with Crippen LogP contribution in [0.15, 0.2) is 24.4 Å². The number of benzene rings is 1. The third-order valence-electron chi connectivity index (χ3n) is 2.51. The summed E-state index contributed by atoms with van der Waals surface area (Å²) in [5.74, 6) is 0.701. The summed E-state index contributed by atoms with van der Waals surface area (Å²) < 4.78 is 7.10. The van der Waals surface area contributed by atoms with Crippen LogP contribution < -0.4 is 10.1 Å². The number of anilines is 1. The Morgan fingerprint density at radius 2 is 2.28 bits per heavy atom. The fraction of sp³-hybridized carbons (Fsp3) is 0.333. The molecule has 0 radical (unpaired) electrons. The van der Waals surface area contributed by atoms with E-state index in [1.807, 2.05) is 32.2 Å². The van der Waals surface area contributed by atoms with E-state index in [0.717, 1.165) is 11.4 Å². The molecule has 96 valence electrons. The molecule has 18 heavy (non-hydrogen) atoms. The second-order valence-corrected chi connectivity index (χ2v) is 4.19. The van der Waals surface area contributed by atoms with Gasteiger partial charge in [0.25, 0.3) is 0 Å². The maximum absolute atomic E-state index is 6.11. The molecule has 1 aromatic heterocycles. The summed E-state index contributed by atoms with van der Waals surface area (Å²) in [6.07, 6.45) is 1.73. The molecule has 1 aromatic carbocycles. The normalized spacial score (nSPS) is 10.4. The van der Waals surface area contributed by atoms with Gasteiger partial charge < -0.3 is 10.1 Å². The number of rotatable bonds is 5. The first kappa shape index (κ1) is 12.7. The Kier molecular flexibility index (Phi) is 4.04. The standard InChI is InChI=1S/C12H15ClN4O/c1-3-18-12-5-4-9(6-11(12)13)14-7-10-8-15-16-17(10)2/h4-6,8,14H,3,7H2,1-2H3. The molecular formula is C12H15ClN4O. The molecule has 0 amide bonds. The molecule has 6 heteroatoms. The van der Waals surface area contributed by atoms with Gasteiger partial charge in [0.15, 0.2) is 0 Å². The highest BCUT2D eigenvalue weighted by atomic mass is 35.5. The van der Waals surface area contributed by atoms with E-state index in [4.69, 9.17) is 16.3 Å². The van der Waals surface area contributed by atoms with E-state index in [9.17, 15) is 0 Å². The van der Waals surface area contributed by atoms with E-state index >= 15 is 0 Å². The Labute approximate surface area is 111 Å². The van der Waals surface area contributed by atoms with E-state index in [2.05, 4.69) is 15.6 Å². The van der Waals surface area contributed by atoms with Crippen molar-refractivity contribution in [3.05, 3.63) is 35.1 Å². The highest BCUT2D eigenvalue weighted by molar-refractivity contribution is 6.32. The van der Waals surface area contributed by atoms with Gasteiger partial charge in [0, 0.05) is 12.7 Å². The van der Waals surface area contributed by atoms with Gasteiger partial charge in [-0.05, 0) is 25.1 Å². The SMILES string of the molecule is CCOc1ccc(NCc2cnnn2C)cc1Cl. The Hall–Kier alpha value is -1.75. The summed E-state index contributed by atoms with van der Waals surface area (Å²) in [7, 11) is 1.86. The van der Waals surface area contributed by atoms with Crippen LogP contribution in [0, 0.1) is 0 Å². The Bertz CT molecular complexity index is 527. The van der Waals surface area contributed by atoms with Crippen LogP contribution in [0.3, 0.4) is 0 Å². The first-order chi connectivity index (χ1) is 8.70. The summed E-state index contributed by atoms with van der Waals surface area (Å²) in [4.78, 5) is 0. The number of aryl methyl sites for hydroxylation is 1. The average Bonchev–Trinajstić information content (AvgIpc) is 2.76. The Balaban J connectivity index is 2.02. The fourth-order valence-electron chi connectivity index (χ4n) is 1.55. The topological polar surface area (TPSA) is 52.0 Å². The van der Waals surface area contributed by atoms with Crippen LogP contribution in [-0.4, -0.2) is 21.6 Å². The van der Waals surface area contributed by atoms with Crippen LogP contribution in [0.2, 0.25) is 5.02 Å². The molecule has 1 heterocycles. The van der Waals surface area contributed by atoms with Gasteiger partial charge in [-0.3, -0.25) is 4.68 Å². The van der Waals surface area contributed by atoms with Crippen molar-refractivity contribution in [2.24, 2.45) is 7.05 Å². The third kappa shape index (κ3) is 2.92. The molecule has 2 rings (SSSR count). The third-order valence-corrected chi connectivity index (χ3v) is 2.81. The molecular weight excluding hydrogens is 252 g/mol. The Morgan fingerprint density at radius 3 is 2.89 bits per heavy atom. The van der Waals surface area contributed by atoms with Gasteiger partial charge in [-0.2, -0.15) is 0 Å². The van der Waals surface area contributed by atoms with Crippen LogP contribution in [-0.2, 0) is 13.6 Å². The second-order valence-electron chi connectivity index (χ2n) is 3.78. The minimum Gasteiger partial charge on any atom is -0.492 e. The minimum atomic E-state index is 0.602. The minimum absolute atomic E-state index is 0.602. The van der Waals surface area contributed by atoms with E-state index in [1.54, 1.807) is 10.9 Å². The molecule has 0 saturated heterocycles. The van der Waals surface area contributed by atoms with Crippen LogP contribution in [0.1, 0.15) is 12.6 Å². The molecule has 0 unspecified atom stereocenters. The second kappa shape index (κ2) is 5.73. The lowest BCUT2D eigenvalue weighted by molar-refractivity contribution is 0.340. The predicted octanol–water partition coefficient (Wildman–Crippen LogP) is 2.48. The fourth-order valence-corrected chi connectivity index (χ4v) is 1.78. The van der Waals surface area contributed by atoms with Crippen molar-refractivity contribution in [2.45, 2.75) is 13.5 Å². The van der Waals surface area contributed by atoms with Crippen LogP contribution in [0.4, 0.5) is 5.69 Å². The van der Waals surface area contributed by atoms with Crippen molar-refractivity contribution in [1.29, 1.82) is 0 Å². The van der Waals surface area contributed by atoms with Gasteiger partial charge in [0.1, 0.15) is 5.75 Å². The number of hydrogen-bond acceptors (Lipinski definition) is 4. The lowest BCUT2D eigenvalue weighted by Gasteiger charge is -2.09. The number of nitrogens with zero attached hydrogens (tertiary/aromatic N) is 3. The van der Waals surface area contributed by atoms with Gasteiger partial charge in [0.05, 0.1) is 30.1 Å². The maximum atomic E-state index is 6.11. The van der Waals surface area contributed by atoms with Gasteiger partial charge in [-0.15, -0.1) is 5.10 Å². The van der Waals surface area contributed by atoms with Crippen molar-refractivity contribution >= 4 is 17.3 Å². The van der Waals surface area contributed by atoms with Gasteiger partial charge in [-0.1, -0.05) is 16.8 Å². The monoisotopic (exact) mass is 266 g/mol. The summed E-state index contributed by atoms with van der Waals surface area (Å²) in [5, 5.41) is 11.5. The highest BCUT2D eigenvalue weighted by Crippen LogP contribution is 2.27. The molecule has 0 atom stereocenters. The highest BCUT2D eigenvalue weighted by Gasteiger charge is 2.04. The molecule has 0 spiro atoms. The van der Waals surface area contributed by atoms with Crippen LogP contribution >= 0.6 is 11.6 Å². The zero-order valence-corrected chi connectivity index (χ0v) is 11.1. The summed E-state index contributed by atoms with van der Waals surface area (Å²) in [6.45, 7) is 3.18. The van der Waals surface area contributed by atoms with E-state index in [1.165, 1.54) is 0 Å². The lowest BCUT2D eigenvalue weighted by Crippen LogP contribution is -2.05. The zero-order valence-electron chi connectivity index (χ0n) is 10.4. The zero-order chi connectivity index (χ0) is 13.0. The molecule has 0 aliphatic rings. The molecule has 0 aliphatic carbocycles. The summed E-state index contributed by atoms with van der Waals surface area (Å²) in [6, 6.07) is 5.63.